The summed E-state index contributed by atoms with van der Waals surface area (Å²) in [6.45, 7) is 0.243. The Balaban J connectivity index is 1.29. The number of rotatable bonds is 6. The van der Waals surface area contributed by atoms with E-state index in [4.69, 9.17) is 11.6 Å². The summed E-state index contributed by atoms with van der Waals surface area (Å²) in [6, 6.07) is 14.0. The van der Waals surface area contributed by atoms with Gasteiger partial charge in [0.1, 0.15) is 6.04 Å². The Kier molecular flexibility index (Phi) is 5.86. The molecule has 2 aromatic carbocycles. The maximum atomic E-state index is 13.0. The number of benzene rings is 2. The Morgan fingerprint density at radius 3 is 2.67 bits per heavy atom. The molecule has 1 unspecified atom stereocenters. The predicted octanol–water partition coefficient (Wildman–Crippen LogP) is 3.15. The average Bonchev–Trinajstić information content (AvgIpc) is 3.49. The number of thiazole rings is 1. The van der Waals surface area contributed by atoms with Gasteiger partial charge in [0.05, 0.1) is 13.1 Å². The molecule has 9 heteroatoms. The first-order chi connectivity index (χ1) is 16.0. The van der Waals surface area contributed by atoms with E-state index in [1.54, 1.807) is 23.1 Å². The van der Waals surface area contributed by atoms with Crippen LogP contribution < -0.4 is 10.1 Å². The van der Waals surface area contributed by atoms with Crippen LogP contribution >= 0.6 is 22.9 Å². The SMILES string of the molecule is O=C(CNC(=O)C1c2ccccc2C(=O)N1C1CC1)N=c1sccn1Cc1ccccc1Cl. The molecule has 0 spiro atoms. The molecule has 0 saturated heterocycles. The number of hydrogen-bond acceptors (Lipinski definition) is 4. The van der Waals surface area contributed by atoms with Crippen molar-refractivity contribution in [2.24, 2.45) is 4.99 Å². The first-order valence-electron chi connectivity index (χ1n) is 10.7. The predicted molar refractivity (Wildman–Crippen MR) is 125 cm³/mol. The number of hydrogen-bond donors (Lipinski definition) is 1. The topological polar surface area (TPSA) is 83.8 Å². The van der Waals surface area contributed by atoms with Gasteiger partial charge in [0.25, 0.3) is 11.8 Å². The second-order valence-electron chi connectivity index (χ2n) is 8.06. The molecule has 1 saturated carbocycles. The van der Waals surface area contributed by atoms with Crippen molar-refractivity contribution in [2.45, 2.75) is 31.5 Å². The van der Waals surface area contributed by atoms with Gasteiger partial charge < -0.3 is 14.8 Å². The van der Waals surface area contributed by atoms with Crippen molar-refractivity contribution in [3.8, 4) is 0 Å². The zero-order chi connectivity index (χ0) is 22.9. The summed E-state index contributed by atoms with van der Waals surface area (Å²) in [6.07, 6.45) is 3.62. The second-order valence-corrected chi connectivity index (χ2v) is 9.34. The summed E-state index contributed by atoms with van der Waals surface area (Å²) < 4.78 is 1.84. The number of fused-ring (bicyclic) bond motifs is 1. The van der Waals surface area contributed by atoms with Crippen molar-refractivity contribution in [3.63, 3.8) is 0 Å². The minimum absolute atomic E-state index is 0.0796. The van der Waals surface area contributed by atoms with Crippen molar-refractivity contribution in [2.75, 3.05) is 6.54 Å². The van der Waals surface area contributed by atoms with Crippen LogP contribution in [-0.4, -0.2) is 39.8 Å². The Hall–Kier alpha value is -3.23. The smallest absolute Gasteiger partial charge is 0.267 e. The lowest BCUT2D eigenvalue weighted by Crippen LogP contribution is -2.41. The first-order valence-corrected chi connectivity index (χ1v) is 11.9. The number of carbonyl (C=O) groups excluding carboxylic acids is 3. The summed E-state index contributed by atoms with van der Waals surface area (Å²) in [4.78, 5) is 44.7. The third-order valence-corrected chi connectivity index (χ3v) is 6.94. The standard InChI is InChI=1S/C24H21ClN4O3S/c25-19-8-4-1-5-15(19)14-28-11-12-33-24(28)27-20(30)13-26-22(31)21-17-6-2-3-7-18(17)23(32)29(21)16-9-10-16/h1-8,11-12,16,21H,9-10,13-14H2,(H,26,31). The number of halogens is 1. The van der Waals surface area contributed by atoms with Gasteiger partial charge in [0.15, 0.2) is 4.80 Å². The van der Waals surface area contributed by atoms with Crippen molar-refractivity contribution < 1.29 is 14.4 Å². The fraction of sp³-hybridized carbons (Fsp3) is 0.250. The first kappa shape index (κ1) is 21.6. The van der Waals surface area contributed by atoms with Crippen LogP contribution in [0.5, 0.6) is 0 Å². The Morgan fingerprint density at radius 1 is 1.12 bits per heavy atom. The number of amides is 3. The highest BCUT2D eigenvalue weighted by Gasteiger charge is 2.47. The lowest BCUT2D eigenvalue weighted by Gasteiger charge is -2.24. The molecule has 3 amide bonds. The van der Waals surface area contributed by atoms with Crippen molar-refractivity contribution >= 4 is 40.7 Å². The normalized spacial score (nSPS) is 17.8. The van der Waals surface area contributed by atoms with Gasteiger partial charge in [0, 0.05) is 28.2 Å². The Bertz CT molecular complexity index is 1310. The van der Waals surface area contributed by atoms with E-state index < -0.39 is 11.9 Å². The Labute approximate surface area is 199 Å². The molecule has 0 bridgehead atoms. The molecule has 1 atom stereocenters. The second kappa shape index (κ2) is 8.96. The molecular formula is C24H21ClN4O3S. The van der Waals surface area contributed by atoms with Gasteiger partial charge in [-0.1, -0.05) is 48.0 Å². The third kappa shape index (κ3) is 4.36. The summed E-state index contributed by atoms with van der Waals surface area (Å²) in [5, 5.41) is 5.18. The van der Waals surface area contributed by atoms with E-state index in [1.165, 1.54) is 11.3 Å². The van der Waals surface area contributed by atoms with Gasteiger partial charge in [-0.2, -0.15) is 4.99 Å². The number of nitrogens with zero attached hydrogens (tertiary/aromatic N) is 3. The van der Waals surface area contributed by atoms with Crippen LogP contribution in [0.4, 0.5) is 0 Å². The van der Waals surface area contributed by atoms with Crippen LogP contribution in [0.1, 0.15) is 40.4 Å². The summed E-state index contributed by atoms with van der Waals surface area (Å²) >= 11 is 7.58. The average molecular weight is 481 g/mol. The van der Waals surface area contributed by atoms with E-state index in [0.717, 1.165) is 18.4 Å². The lowest BCUT2D eigenvalue weighted by molar-refractivity contribution is -0.128. The van der Waals surface area contributed by atoms with Crippen LogP contribution in [0.2, 0.25) is 5.02 Å². The van der Waals surface area contributed by atoms with Gasteiger partial charge in [-0.3, -0.25) is 14.4 Å². The van der Waals surface area contributed by atoms with Crippen LogP contribution in [0, 0.1) is 0 Å². The minimum atomic E-state index is -0.708. The van der Waals surface area contributed by atoms with E-state index in [9.17, 15) is 14.4 Å². The quantitative estimate of drug-likeness (QED) is 0.588. The third-order valence-electron chi connectivity index (χ3n) is 5.78. The molecule has 7 nitrogen and oxygen atoms in total. The van der Waals surface area contributed by atoms with Crippen molar-refractivity contribution in [3.05, 3.63) is 86.6 Å². The zero-order valence-corrected chi connectivity index (χ0v) is 19.2. The molecule has 1 fully saturated rings. The minimum Gasteiger partial charge on any atom is -0.345 e. The molecule has 1 aliphatic heterocycles. The summed E-state index contributed by atoms with van der Waals surface area (Å²) in [7, 11) is 0. The van der Waals surface area contributed by atoms with Crippen LogP contribution in [0.15, 0.2) is 65.1 Å². The summed E-state index contributed by atoms with van der Waals surface area (Å²) in [5.74, 6) is -0.948. The summed E-state index contributed by atoms with van der Waals surface area (Å²) in [5.41, 5.74) is 2.16. The van der Waals surface area contributed by atoms with Crippen LogP contribution in [0.3, 0.4) is 0 Å². The lowest BCUT2D eigenvalue weighted by atomic mass is 10.0. The molecule has 0 radical (unpaired) electrons. The van der Waals surface area contributed by atoms with E-state index in [0.29, 0.717) is 27.5 Å². The zero-order valence-electron chi connectivity index (χ0n) is 17.6. The Morgan fingerprint density at radius 2 is 1.88 bits per heavy atom. The number of nitrogens with one attached hydrogen (secondary N) is 1. The van der Waals surface area contributed by atoms with Crippen molar-refractivity contribution in [1.29, 1.82) is 0 Å². The molecule has 33 heavy (non-hydrogen) atoms. The maximum absolute atomic E-state index is 13.0. The van der Waals surface area contributed by atoms with Gasteiger partial charge in [-0.25, -0.2) is 0 Å². The molecule has 1 aliphatic carbocycles. The molecule has 3 aromatic rings. The van der Waals surface area contributed by atoms with Crippen LogP contribution in [0.25, 0.3) is 0 Å². The highest BCUT2D eigenvalue weighted by molar-refractivity contribution is 7.07. The van der Waals surface area contributed by atoms with Crippen LogP contribution in [-0.2, 0) is 16.1 Å². The molecule has 2 aliphatic rings. The van der Waals surface area contributed by atoms with Crippen molar-refractivity contribution in [1.82, 2.24) is 14.8 Å². The molecule has 2 heterocycles. The monoisotopic (exact) mass is 480 g/mol. The van der Waals surface area contributed by atoms with E-state index in [1.807, 2.05) is 46.5 Å². The van der Waals surface area contributed by atoms with Gasteiger partial charge >= 0.3 is 0 Å². The highest BCUT2D eigenvalue weighted by Crippen LogP contribution is 2.41. The highest BCUT2D eigenvalue weighted by atomic mass is 35.5. The van der Waals surface area contributed by atoms with E-state index in [-0.39, 0.29) is 24.4 Å². The largest absolute Gasteiger partial charge is 0.345 e. The van der Waals surface area contributed by atoms with E-state index in [2.05, 4.69) is 10.3 Å². The number of aromatic nitrogens is 1. The molecule has 1 N–H and O–H groups in total. The maximum Gasteiger partial charge on any atom is 0.267 e. The molecule has 5 rings (SSSR count). The fourth-order valence-electron chi connectivity index (χ4n) is 4.06. The number of carbonyl (C=O) groups is 3. The molecule has 168 valence electrons. The van der Waals surface area contributed by atoms with Gasteiger partial charge in [0.2, 0.25) is 5.91 Å². The van der Waals surface area contributed by atoms with Gasteiger partial charge in [-0.05, 0) is 36.1 Å². The molecular weight excluding hydrogens is 460 g/mol. The fourth-order valence-corrected chi connectivity index (χ4v) is 5.00. The van der Waals surface area contributed by atoms with Gasteiger partial charge in [-0.15, -0.1) is 11.3 Å². The molecule has 1 aromatic heterocycles. The van der Waals surface area contributed by atoms with E-state index >= 15 is 0 Å².